The highest BCUT2D eigenvalue weighted by atomic mass is 29.2. The number of hydrogen-bond donors (Lipinski definition) is 0. The van der Waals surface area contributed by atoms with E-state index in [4.69, 9.17) is 8.54 Å². The van der Waals surface area contributed by atoms with E-state index in [0.29, 0.717) is 0 Å². The maximum Gasteiger partial charge on any atom is 0.285 e. The number of unbranched alkanes of at least 4 members (excludes halogenated alkanes) is 3. The van der Waals surface area contributed by atoms with Crippen LogP contribution in [0.15, 0.2) is 12.2 Å². The van der Waals surface area contributed by atoms with Gasteiger partial charge in [0.25, 0.3) is 8.20 Å². The normalized spacial score (nSPS) is 15.8. The summed E-state index contributed by atoms with van der Waals surface area (Å²) >= 11 is 0. The first-order chi connectivity index (χ1) is 10.4. The van der Waals surface area contributed by atoms with Crippen LogP contribution in [0.3, 0.4) is 0 Å². The first kappa shape index (κ1) is 23.3. The molecule has 0 heterocycles. The van der Waals surface area contributed by atoms with Crippen molar-refractivity contribution in [3.8, 4) is 0 Å². The summed E-state index contributed by atoms with van der Waals surface area (Å²) in [7, 11) is -6.51. The molecule has 0 aromatic carbocycles. The first-order valence-corrected chi connectivity index (χ1v) is 21.2. The Balaban J connectivity index is 3.96. The molecule has 136 valence electrons. The van der Waals surface area contributed by atoms with Crippen LogP contribution in [0.25, 0.3) is 0 Å². The summed E-state index contributed by atoms with van der Waals surface area (Å²) in [6, 6.07) is 1.05. The van der Waals surface area contributed by atoms with E-state index in [1.54, 1.807) is 0 Å². The van der Waals surface area contributed by atoms with E-state index < -0.39 is 32.7 Å². The van der Waals surface area contributed by atoms with Gasteiger partial charge in [0.2, 0.25) is 7.83 Å². The van der Waals surface area contributed by atoms with E-state index in [0.717, 1.165) is 25.5 Å². The molecule has 0 N–H and O–H groups in total. The topological polar surface area (TPSA) is 35.5 Å². The summed E-state index contributed by atoms with van der Waals surface area (Å²) in [5.41, 5.74) is 0. The standard InChI is InChI=1S/C16H38O3Si4/c1-20(17)23(8,19-22(5,6)7)16-14-12-10-9-11-13-15-18-21(2,3)4/h11,13H,9-10,12,14-16H2,1-8H3/b13-11+. The SMILES string of the molecule is C[Si](=O)[Si](C)(CCCCC/C=C/CO[Si](C)(C)C)O[Si](C)(C)C. The van der Waals surface area contributed by atoms with Crippen LogP contribution in [-0.4, -0.2) is 39.3 Å². The lowest BCUT2D eigenvalue weighted by Gasteiger charge is -2.32. The highest BCUT2D eigenvalue weighted by Gasteiger charge is 2.39. The Morgan fingerprint density at radius 3 is 1.96 bits per heavy atom. The quantitative estimate of drug-likeness (QED) is 0.250. The molecule has 0 aliphatic rings. The van der Waals surface area contributed by atoms with Gasteiger partial charge in [0.1, 0.15) is 0 Å². The fraction of sp³-hybridized carbons (Fsp3) is 0.875. The van der Waals surface area contributed by atoms with Gasteiger partial charge in [0.05, 0.1) is 6.61 Å². The van der Waals surface area contributed by atoms with Crippen LogP contribution >= 0.6 is 0 Å². The van der Waals surface area contributed by atoms with Gasteiger partial charge < -0.3 is 13.0 Å². The molecule has 0 aliphatic heterocycles. The van der Waals surface area contributed by atoms with Crippen LogP contribution in [0.2, 0.25) is 58.4 Å². The third-order valence-electron chi connectivity index (χ3n) is 3.58. The van der Waals surface area contributed by atoms with Crippen molar-refractivity contribution in [2.24, 2.45) is 0 Å². The Morgan fingerprint density at radius 1 is 0.870 bits per heavy atom. The summed E-state index contributed by atoms with van der Waals surface area (Å²) < 4.78 is 24.3. The highest BCUT2D eigenvalue weighted by molar-refractivity contribution is 7.25. The lowest BCUT2D eigenvalue weighted by Crippen LogP contribution is -2.51. The molecule has 0 bridgehead atoms. The summed E-state index contributed by atoms with van der Waals surface area (Å²) in [6.45, 7) is 18.1. The van der Waals surface area contributed by atoms with Crippen molar-refractivity contribution in [1.82, 2.24) is 0 Å². The van der Waals surface area contributed by atoms with Gasteiger partial charge in [-0.1, -0.05) is 25.0 Å². The Kier molecular flexibility index (Phi) is 10.5. The van der Waals surface area contributed by atoms with Gasteiger partial charge in [-0.15, -0.1) is 0 Å². The average molecular weight is 391 g/mol. The molecular formula is C16H38O3Si4. The Hall–Kier alpha value is 0.328. The average Bonchev–Trinajstić information content (AvgIpc) is 2.33. The smallest absolute Gasteiger partial charge is 0.285 e. The number of hydrogen-bond acceptors (Lipinski definition) is 3. The van der Waals surface area contributed by atoms with Crippen LogP contribution in [0, 0.1) is 0 Å². The molecule has 23 heavy (non-hydrogen) atoms. The van der Waals surface area contributed by atoms with Gasteiger partial charge in [0.15, 0.2) is 16.6 Å². The minimum Gasteiger partial charge on any atom is -0.453 e. The molecule has 0 spiro atoms. The molecule has 7 heteroatoms. The molecule has 0 rings (SSSR count). The fourth-order valence-corrected chi connectivity index (χ4v) is 16.3. The number of allylic oxidation sites excluding steroid dienone is 1. The first-order valence-electron chi connectivity index (χ1n) is 8.86. The van der Waals surface area contributed by atoms with E-state index in [1.165, 1.54) is 12.8 Å². The van der Waals surface area contributed by atoms with Crippen LogP contribution in [0.5, 0.6) is 0 Å². The molecule has 0 saturated carbocycles. The van der Waals surface area contributed by atoms with Gasteiger partial charge in [-0.25, -0.2) is 0 Å². The molecule has 0 fully saturated rings. The second-order valence-corrected chi connectivity index (χ2v) is 27.4. The van der Waals surface area contributed by atoms with E-state index in [2.05, 4.69) is 58.0 Å². The largest absolute Gasteiger partial charge is 0.453 e. The van der Waals surface area contributed by atoms with Crippen LogP contribution in [0.1, 0.15) is 25.7 Å². The molecule has 0 amide bonds. The molecule has 0 radical (unpaired) electrons. The third kappa shape index (κ3) is 13.3. The van der Waals surface area contributed by atoms with Crippen molar-refractivity contribution in [3.05, 3.63) is 12.2 Å². The van der Waals surface area contributed by atoms with Crippen molar-refractivity contribution >= 4 is 32.7 Å². The maximum atomic E-state index is 12.2. The van der Waals surface area contributed by atoms with Crippen molar-refractivity contribution in [1.29, 1.82) is 0 Å². The molecule has 0 aromatic heterocycles. The lowest BCUT2D eigenvalue weighted by molar-refractivity contribution is 0.357. The molecule has 0 aromatic rings. The molecule has 3 nitrogen and oxygen atoms in total. The minimum atomic E-state index is -1.99. The molecule has 1 unspecified atom stereocenters. The second-order valence-electron chi connectivity index (χ2n) is 8.50. The summed E-state index contributed by atoms with van der Waals surface area (Å²) in [5.74, 6) is 0. The highest BCUT2D eigenvalue weighted by Crippen LogP contribution is 2.22. The van der Waals surface area contributed by atoms with Gasteiger partial charge in [0, 0.05) is 0 Å². The zero-order valence-electron chi connectivity index (χ0n) is 16.6. The molecule has 1 atom stereocenters. The van der Waals surface area contributed by atoms with E-state index in [9.17, 15) is 4.46 Å². The van der Waals surface area contributed by atoms with Crippen LogP contribution < -0.4 is 0 Å². The zero-order valence-corrected chi connectivity index (χ0v) is 20.6. The molecule has 0 aliphatic carbocycles. The van der Waals surface area contributed by atoms with E-state index in [-0.39, 0.29) is 0 Å². The fourth-order valence-electron chi connectivity index (χ4n) is 2.36. The summed E-state index contributed by atoms with van der Waals surface area (Å²) in [6.07, 6.45) is 9.05. The molecular weight excluding hydrogens is 353 g/mol. The van der Waals surface area contributed by atoms with Gasteiger partial charge in [-0.3, -0.25) is 0 Å². The van der Waals surface area contributed by atoms with E-state index >= 15 is 0 Å². The van der Waals surface area contributed by atoms with E-state index in [1.807, 2.05) is 6.55 Å². The van der Waals surface area contributed by atoms with Crippen molar-refractivity contribution in [2.45, 2.75) is 84.1 Å². The van der Waals surface area contributed by atoms with Gasteiger partial charge in [-0.2, -0.15) is 0 Å². The van der Waals surface area contributed by atoms with Crippen molar-refractivity contribution < 1.29 is 13.0 Å². The Labute approximate surface area is 148 Å². The van der Waals surface area contributed by atoms with Crippen molar-refractivity contribution in [2.75, 3.05) is 6.61 Å². The minimum absolute atomic E-state index is 0.753. The van der Waals surface area contributed by atoms with Crippen LogP contribution in [-0.2, 0) is 13.0 Å². The Bertz CT molecular complexity index is 386. The third-order valence-corrected chi connectivity index (χ3v) is 17.8. The Morgan fingerprint density at radius 2 is 1.48 bits per heavy atom. The second kappa shape index (κ2) is 10.3. The van der Waals surface area contributed by atoms with Crippen molar-refractivity contribution in [3.63, 3.8) is 0 Å². The molecule has 0 saturated heterocycles. The van der Waals surface area contributed by atoms with Gasteiger partial charge in [-0.05, 0) is 71.3 Å². The summed E-state index contributed by atoms with van der Waals surface area (Å²) in [5, 5.41) is 0. The van der Waals surface area contributed by atoms with Crippen LogP contribution in [0.4, 0.5) is 0 Å². The number of rotatable bonds is 12. The predicted octanol–water partition coefficient (Wildman–Crippen LogP) is 5.51. The summed E-state index contributed by atoms with van der Waals surface area (Å²) in [4.78, 5) is 0. The lowest BCUT2D eigenvalue weighted by atomic mass is 10.2. The predicted molar refractivity (Wildman–Crippen MR) is 110 cm³/mol. The zero-order chi connectivity index (χ0) is 18.1. The van der Waals surface area contributed by atoms with Gasteiger partial charge >= 0.3 is 0 Å². The monoisotopic (exact) mass is 390 g/mol. The maximum absolute atomic E-state index is 12.2.